The minimum absolute atomic E-state index is 0.301. The van der Waals surface area contributed by atoms with Gasteiger partial charge in [0.2, 0.25) is 0 Å². The van der Waals surface area contributed by atoms with Crippen molar-refractivity contribution in [1.82, 2.24) is 0 Å². The van der Waals surface area contributed by atoms with Gasteiger partial charge in [0.1, 0.15) is 5.73 Å². The lowest BCUT2D eigenvalue weighted by molar-refractivity contribution is -0.180. The van der Waals surface area contributed by atoms with Crippen LogP contribution in [0.2, 0.25) is 0 Å². The van der Waals surface area contributed by atoms with Crippen molar-refractivity contribution in [2.24, 2.45) is 0 Å². The van der Waals surface area contributed by atoms with Crippen molar-refractivity contribution in [3.05, 3.63) is 0 Å². The molecule has 0 bridgehead atoms. The zero-order valence-electron chi connectivity index (χ0n) is 4.88. The van der Waals surface area contributed by atoms with Gasteiger partial charge in [-0.25, -0.2) is 0 Å². The molecule has 1 saturated heterocycles. The number of hydrogen-bond acceptors (Lipinski definition) is 3. The lowest BCUT2D eigenvalue weighted by Gasteiger charge is -1.89. The molecule has 0 aromatic heterocycles. The molecule has 1 aliphatic rings. The maximum atomic E-state index is 5.03. The summed E-state index contributed by atoms with van der Waals surface area (Å²) in [5.74, 6) is 0. The van der Waals surface area contributed by atoms with E-state index in [0.29, 0.717) is 21.6 Å². The van der Waals surface area contributed by atoms with Crippen LogP contribution in [0.1, 0.15) is 6.92 Å². The second kappa shape index (κ2) is 2.59. The Labute approximate surface area is 50.8 Å². The van der Waals surface area contributed by atoms with E-state index in [1.54, 1.807) is 0 Å². The van der Waals surface area contributed by atoms with Crippen LogP contribution in [-0.4, -0.2) is 28.7 Å². The Balaban J connectivity index is 1.89. The monoisotopic (exact) mass is 132 g/mol. The van der Waals surface area contributed by atoms with Gasteiger partial charge in [-0.3, -0.25) is 9.46 Å². The molecule has 2 unspecified atom stereocenters. The molecule has 2 radical (unpaired) electrons. The third-order valence-corrected chi connectivity index (χ3v) is 2.06. The smallest absolute Gasteiger partial charge is 0.317 e. The van der Waals surface area contributed by atoms with Gasteiger partial charge in [-0.05, 0) is 6.92 Å². The fraction of sp³-hybridized carbons (Fsp3) is 1.00. The lowest BCUT2D eigenvalue weighted by atomic mass is 10.6. The minimum atomic E-state index is 0.301. The Morgan fingerprint density at radius 2 is 2.25 bits per heavy atom. The molecule has 0 N–H and O–H groups in total. The largest absolute Gasteiger partial charge is 0.371 e. The lowest BCUT2D eigenvalue weighted by Crippen LogP contribution is -2.06. The molecule has 8 heavy (non-hydrogen) atoms. The molecule has 0 amide bonds. The zero-order valence-corrected chi connectivity index (χ0v) is 5.88. The van der Waals surface area contributed by atoms with Crippen LogP contribution in [0, 0.1) is 0 Å². The first-order chi connectivity index (χ1) is 3.84. The molecule has 1 heterocycles. The molecule has 1 fully saturated rings. The summed E-state index contributed by atoms with van der Waals surface area (Å²) in [7, 11) is 1.84. The molecule has 4 heteroatoms. The van der Waals surface area contributed by atoms with Crippen LogP contribution in [0.5, 0.6) is 0 Å². The second-order valence-electron chi connectivity index (χ2n) is 1.63. The van der Waals surface area contributed by atoms with E-state index in [1.807, 2.05) is 6.92 Å². The van der Waals surface area contributed by atoms with Crippen molar-refractivity contribution < 1.29 is 14.2 Å². The first-order valence-corrected chi connectivity index (χ1v) is 3.44. The minimum Gasteiger partial charge on any atom is -0.371 e. The normalized spacial score (nSPS) is 35.2. The van der Waals surface area contributed by atoms with E-state index in [9.17, 15) is 0 Å². The molecule has 1 rings (SSSR count). The fourth-order valence-electron chi connectivity index (χ4n) is 0.405. The number of ether oxygens (including phenoxy) is 1. The van der Waals surface area contributed by atoms with E-state index >= 15 is 0 Å². The summed E-state index contributed by atoms with van der Waals surface area (Å²) in [5, 5.41) is 0. The summed E-state index contributed by atoms with van der Waals surface area (Å²) in [6.45, 7) is 2.01. The van der Waals surface area contributed by atoms with Crippen LogP contribution < -0.4 is 0 Å². The Morgan fingerprint density at radius 3 is 2.62 bits per heavy atom. The highest BCUT2D eigenvalue weighted by Crippen LogP contribution is 2.18. The molecular formula is C4H8O3Si. The van der Waals surface area contributed by atoms with Crippen LogP contribution in [0.3, 0.4) is 0 Å². The maximum Gasteiger partial charge on any atom is 0.317 e. The standard InChI is InChI=1S/C4H8O3Si/c1-3-4(6-3)8-7-5-2/h3-4H,1-2H3. The van der Waals surface area contributed by atoms with E-state index in [4.69, 9.17) is 4.74 Å². The summed E-state index contributed by atoms with van der Waals surface area (Å²) >= 11 is 0. The summed E-state index contributed by atoms with van der Waals surface area (Å²) in [6, 6.07) is 0. The third-order valence-electron chi connectivity index (χ3n) is 0.959. The molecule has 1 aliphatic heterocycles. The Bertz CT molecular complexity index is 77.7. The van der Waals surface area contributed by atoms with E-state index in [1.165, 1.54) is 7.11 Å². The molecular weight excluding hydrogens is 124 g/mol. The summed E-state index contributed by atoms with van der Waals surface area (Å²) < 4.78 is 9.66. The van der Waals surface area contributed by atoms with Gasteiger partial charge < -0.3 is 4.74 Å². The first-order valence-electron chi connectivity index (χ1n) is 2.45. The SMILES string of the molecule is COO[Si]C1OC1C. The van der Waals surface area contributed by atoms with E-state index in [0.717, 1.165) is 0 Å². The Hall–Kier alpha value is 0.0969. The summed E-state index contributed by atoms with van der Waals surface area (Å²) in [6.07, 6.45) is 0.378. The first kappa shape index (κ1) is 6.22. The van der Waals surface area contributed by atoms with E-state index in [-0.39, 0.29) is 0 Å². The topological polar surface area (TPSA) is 31.0 Å². The summed E-state index contributed by atoms with van der Waals surface area (Å²) in [5.41, 5.74) is 0.301. The zero-order chi connectivity index (χ0) is 5.98. The number of rotatable bonds is 3. The van der Waals surface area contributed by atoms with Gasteiger partial charge in [0.15, 0.2) is 0 Å². The predicted octanol–water partition coefficient (Wildman–Crippen LogP) is -0.0716. The Kier molecular flexibility index (Phi) is 2.01. The molecule has 0 aliphatic carbocycles. The van der Waals surface area contributed by atoms with Gasteiger partial charge in [-0.2, -0.15) is 0 Å². The highest BCUT2D eigenvalue weighted by molar-refractivity contribution is 6.30. The molecule has 2 atom stereocenters. The average Bonchev–Trinajstić information content (AvgIpc) is 2.42. The van der Waals surface area contributed by atoms with Crippen LogP contribution >= 0.6 is 0 Å². The molecule has 0 aromatic rings. The van der Waals surface area contributed by atoms with Crippen molar-refractivity contribution in [3.8, 4) is 0 Å². The van der Waals surface area contributed by atoms with Crippen LogP contribution in [0.4, 0.5) is 0 Å². The predicted molar refractivity (Wildman–Crippen MR) is 28.2 cm³/mol. The van der Waals surface area contributed by atoms with Crippen molar-refractivity contribution >= 4 is 9.76 Å². The van der Waals surface area contributed by atoms with Gasteiger partial charge in [0.25, 0.3) is 0 Å². The molecule has 0 saturated carbocycles. The van der Waals surface area contributed by atoms with Gasteiger partial charge in [-0.1, -0.05) is 0 Å². The van der Waals surface area contributed by atoms with Gasteiger partial charge in [-0.15, -0.1) is 0 Å². The average molecular weight is 132 g/mol. The molecule has 0 aromatic carbocycles. The highest BCUT2D eigenvalue weighted by atomic mass is 28.2. The molecule has 46 valence electrons. The summed E-state index contributed by atoms with van der Waals surface area (Å²) in [4.78, 5) is 4.37. The van der Waals surface area contributed by atoms with Gasteiger partial charge >= 0.3 is 9.76 Å². The van der Waals surface area contributed by atoms with Crippen LogP contribution in [0.25, 0.3) is 0 Å². The van der Waals surface area contributed by atoms with Gasteiger partial charge in [0, 0.05) is 0 Å². The fourth-order valence-corrected chi connectivity index (χ4v) is 1.06. The molecule has 3 nitrogen and oxygen atoms in total. The van der Waals surface area contributed by atoms with Crippen molar-refractivity contribution in [2.45, 2.75) is 18.8 Å². The second-order valence-corrected chi connectivity index (χ2v) is 2.60. The van der Waals surface area contributed by atoms with Crippen molar-refractivity contribution in [3.63, 3.8) is 0 Å². The molecule has 0 spiro atoms. The van der Waals surface area contributed by atoms with Crippen LogP contribution in [0.15, 0.2) is 0 Å². The van der Waals surface area contributed by atoms with E-state index in [2.05, 4.69) is 9.46 Å². The van der Waals surface area contributed by atoms with Crippen molar-refractivity contribution in [1.29, 1.82) is 0 Å². The van der Waals surface area contributed by atoms with Crippen molar-refractivity contribution in [2.75, 3.05) is 7.11 Å². The third kappa shape index (κ3) is 1.55. The quantitative estimate of drug-likeness (QED) is 0.233. The number of hydrogen-bond donors (Lipinski definition) is 0. The highest BCUT2D eigenvalue weighted by Gasteiger charge is 2.36. The van der Waals surface area contributed by atoms with E-state index < -0.39 is 0 Å². The number of epoxide rings is 1. The maximum absolute atomic E-state index is 5.03. The van der Waals surface area contributed by atoms with Crippen LogP contribution in [-0.2, 0) is 14.2 Å². The van der Waals surface area contributed by atoms with Gasteiger partial charge in [0.05, 0.1) is 13.2 Å². The Morgan fingerprint density at radius 1 is 1.62 bits per heavy atom.